The van der Waals surface area contributed by atoms with Crippen molar-refractivity contribution in [1.29, 1.82) is 0 Å². The van der Waals surface area contributed by atoms with Crippen LogP contribution in [0.2, 0.25) is 0 Å². The SMILES string of the molecule is O=C(CCCOCc1ccccc1)OC12CC3CC(CC(C3)C1)C2. The molecule has 5 rings (SSSR count). The van der Waals surface area contributed by atoms with Crippen LogP contribution < -0.4 is 0 Å². The molecule has 3 heteroatoms. The van der Waals surface area contributed by atoms with Crippen molar-refractivity contribution in [3.8, 4) is 0 Å². The molecule has 4 aliphatic rings. The third-order valence-corrected chi connectivity index (χ3v) is 6.09. The predicted molar refractivity (Wildman–Crippen MR) is 92.3 cm³/mol. The van der Waals surface area contributed by atoms with Crippen molar-refractivity contribution >= 4 is 5.97 Å². The van der Waals surface area contributed by atoms with Gasteiger partial charge in [-0.2, -0.15) is 0 Å². The monoisotopic (exact) mass is 328 g/mol. The van der Waals surface area contributed by atoms with Gasteiger partial charge in [-0.05, 0) is 68.3 Å². The molecule has 0 N–H and O–H groups in total. The second-order valence-electron chi connectivity index (χ2n) is 8.22. The molecule has 4 saturated carbocycles. The summed E-state index contributed by atoms with van der Waals surface area (Å²) in [5, 5.41) is 0. The van der Waals surface area contributed by atoms with Crippen LogP contribution in [0.1, 0.15) is 56.9 Å². The minimum Gasteiger partial charge on any atom is -0.459 e. The van der Waals surface area contributed by atoms with Crippen LogP contribution in [0.25, 0.3) is 0 Å². The van der Waals surface area contributed by atoms with E-state index in [9.17, 15) is 4.79 Å². The first-order chi connectivity index (χ1) is 11.7. The molecule has 3 nitrogen and oxygen atoms in total. The lowest BCUT2D eigenvalue weighted by Gasteiger charge is -2.55. The van der Waals surface area contributed by atoms with Crippen LogP contribution in [0, 0.1) is 17.8 Å². The van der Waals surface area contributed by atoms with Gasteiger partial charge in [-0.1, -0.05) is 30.3 Å². The molecule has 0 heterocycles. The van der Waals surface area contributed by atoms with Crippen LogP contribution in [-0.2, 0) is 20.9 Å². The molecule has 24 heavy (non-hydrogen) atoms. The zero-order valence-electron chi connectivity index (χ0n) is 14.4. The predicted octanol–water partition coefficient (Wildman–Crippen LogP) is 4.50. The Balaban J connectivity index is 1.18. The molecule has 0 amide bonds. The normalized spacial score (nSPS) is 33.6. The Morgan fingerprint density at radius 3 is 2.25 bits per heavy atom. The second-order valence-corrected chi connectivity index (χ2v) is 8.22. The summed E-state index contributed by atoms with van der Waals surface area (Å²) >= 11 is 0. The van der Waals surface area contributed by atoms with Gasteiger partial charge in [0.2, 0.25) is 0 Å². The number of carbonyl (C=O) groups excluding carboxylic acids is 1. The molecule has 1 aromatic rings. The van der Waals surface area contributed by atoms with E-state index in [1.165, 1.54) is 24.8 Å². The largest absolute Gasteiger partial charge is 0.459 e. The first-order valence-corrected chi connectivity index (χ1v) is 9.54. The van der Waals surface area contributed by atoms with Gasteiger partial charge >= 0.3 is 5.97 Å². The van der Waals surface area contributed by atoms with Gasteiger partial charge < -0.3 is 9.47 Å². The topological polar surface area (TPSA) is 35.5 Å². The average molecular weight is 328 g/mol. The van der Waals surface area contributed by atoms with Gasteiger partial charge in [0.1, 0.15) is 5.60 Å². The third kappa shape index (κ3) is 3.66. The molecular formula is C21H28O3. The molecule has 0 saturated heterocycles. The Hall–Kier alpha value is -1.35. The number of hydrogen-bond acceptors (Lipinski definition) is 3. The van der Waals surface area contributed by atoms with Gasteiger partial charge in [0.05, 0.1) is 6.61 Å². The van der Waals surface area contributed by atoms with E-state index in [0.29, 0.717) is 19.6 Å². The van der Waals surface area contributed by atoms with E-state index in [4.69, 9.17) is 9.47 Å². The summed E-state index contributed by atoms with van der Waals surface area (Å²) in [5.74, 6) is 2.44. The molecular weight excluding hydrogens is 300 g/mol. The van der Waals surface area contributed by atoms with Crippen LogP contribution in [0.15, 0.2) is 30.3 Å². The summed E-state index contributed by atoms with van der Waals surface area (Å²) in [5.41, 5.74) is 1.07. The standard InChI is InChI=1S/C21H28O3/c22-20(7-4-8-23-15-16-5-2-1-3-6-16)24-21-12-17-9-18(13-21)11-19(10-17)14-21/h1-3,5-6,17-19H,4,7-15H2. The molecule has 0 aliphatic heterocycles. The van der Waals surface area contributed by atoms with E-state index in [2.05, 4.69) is 12.1 Å². The Kier molecular flexibility index (Phi) is 4.62. The maximum absolute atomic E-state index is 12.3. The van der Waals surface area contributed by atoms with Gasteiger partial charge in [-0.25, -0.2) is 0 Å². The third-order valence-electron chi connectivity index (χ3n) is 6.09. The van der Waals surface area contributed by atoms with Crippen LogP contribution in [0.5, 0.6) is 0 Å². The average Bonchev–Trinajstić information content (AvgIpc) is 2.53. The van der Waals surface area contributed by atoms with E-state index < -0.39 is 0 Å². The van der Waals surface area contributed by atoms with Crippen molar-refractivity contribution < 1.29 is 14.3 Å². The van der Waals surface area contributed by atoms with Crippen LogP contribution >= 0.6 is 0 Å². The maximum Gasteiger partial charge on any atom is 0.306 e. The van der Waals surface area contributed by atoms with Crippen molar-refractivity contribution in [1.82, 2.24) is 0 Å². The van der Waals surface area contributed by atoms with Crippen LogP contribution in [0.4, 0.5) is 0 Å². The molecule has 0 radical (unpaired) electrons. The maximum atomic E-state index is 12.3. The Morgan fingerprint density at radius 2 is 1.62 bits per heavy atom. The fourth-order valence-electron chi connectivity index (χ4n) is 5.53. The number of rotatable bonds is 7. The molecule has 0 atom stereocenters. The van der Waals surface area contributed by atoms with E-state index >= 15 is 0 Å². The van der Waals surface area contributed by atoms with Gasteiger partial charge in [0.25, 0.3) is 0 Å². The number of ether oxygens (including phenoxy) is 2. The number of esters is 1. The number of hydrogen-bond donors (Lipinski definition) is 0. The van der Waals surface area contributed by atoms with E-state index in [1.54, 1.807) is 0 Å². The summed E-state index contributed by atoms with van der Waals surface area (Å²) in [6, 6.07) is 10.1. The van der Waals surface area contributed by atoms with E-state index in [1.807, 2.05) is 18.2 Å². The molecule has 130 valence electrons. The Bertz CT molecular complexity index is 530. The second kappa shape index (κ2) is 6.87. The number of carbonyl (C=O) groups is 1. The highest BCUT2D eigenvalue weighted by Crippen LogP contribution is 2.57. The minimum atomic E-state index is -0.100. The molecule has 1 aromatic carbocycles. The zero-order chi connectivity index (χ0) is 16.4. The molecule has 0 aromatic heterocycles. The van der Waals surface area contributed by atoms with Gasteiger partial charge in [-0.3, -0.25) is 4.79 Å². The Labute approximate surface area is 144 Å². The summed E-state index contributed by atoms with van der Waals surface area (Å²) in [6.07, 6.45) is 8.73. The summed E-state index contributed by atoms with van der Waals surface area (Å²) < 4.78 is 11.7. The van der Waals surface area contributed by atoms with Gasteiger partial charge in [0, 0.05) is 13.0 Å². The molecule has 4 aliphatic carbocycles. The molecule has 0 spiro atoms. The van der Waals surface area contributed by atoms with E-state index in [-0.39, 0.29) is 11.6 Å². The van der Waals surface area contributed by atoms with Crippen molar-refractivity contribution in [2.75, 3.05) is 6.61 Å². The highest BCUT2D eigenvalue weighted by molar-refractivity contribution is 5.70. The van der Waals surface area contributed by atoms with Crippen LogP contribution in [-0.4, -0.2) is 18.2 Å². The van der Waals surface area contributed by atoms with Gasteiger partial charge in [0.15, 0.2) is 0 Å². The highest BCUT2D eigenvalue weighted by atomic mass is 16.6. The quantitative estimate of drug-likeness (QED) is 0.546. The molecule has 0 unspecified atom stereocenters. The number of benzene rings is 1. The minimum absolute atomic E-state index is 0.0136. The van der Waals surface area contributed by atoms with Crippen molar-refractivity contribution in [3.05, 3.63) is 35.9 Å². The Morgan fingerprint density at radius 1 is 1.00 bits per heavy atom. The summed E-state index contributed by atoms with van der Waals surface area (Å²) in [6.45, 7) is 1.23. The van der Waals surface area contributed by atoms with Gasteiger partial charge in [-0.15, -0.1) is 0 Å². The first-order valence-electron chi connectivity index (χ1n) is 9.54. The smallest absolute Gasteiger partial charge is 0.306 e. The van der Waals surface area contributed by atoms with Crippen molar-refractivity contribution in [2.24, 2.45) is 17.8 Å². The van der Waals surface area contributed by atoms with Crippen molar-refractivity contribution in [3.63, 3.8) is 0 Å². The zero-order valence-corrected chi connectivity index (χ0v) is 14.4. The molecule has 4 bridgehead atoms. The summed E-state index contributed by atoms with van der Waals surface area (Å²) in [4.78, 5) is 12.3. The van der Waals surface area contributed by atoms with Crippen LogP contribution in [0.3, 0.4) is 0 Å². The fourth-order valence-corrected chi connectivity index (χ4v) is 5.53. The molecule has 4 fully saturated rings. The lowest BCUT2D eigenvalue weighted by Crippen LogP contribution is -2.52. The fraction of sp³-hybridized carbons (Fsp3) is 0.667. The lowest BCUT2D eigenvalue weighted by molar-refractivity contribution is -0.186. The highest BCUT2D eigenvalue weighted by Gasteiger charge is 2.53. The summed E-state index contributed by atoms with van der Waals surface area (Å²) in [7, 11) is 0. The first kappa shape index (κ1) is 16.1. The van der Waals surface area contributed by atoms with Crippen molar-refractivity contribution in [2.45, 2.75) is 63.6 Å². The lowest BCUT2D eigenvalue weighted by atomic mass is 9.54. The van der Waals surface area contributed by atoms with E-state index in [0.717, 1.165) is 43.4 Å².